The molecule has 0 fully saturated rings. The van der Waals surface area contributed by atoms with Gasteiger partial charge < -0.3 is 10.1 Å². The third-order valence-corrected chi connectivity index (χ3v) is 3.79. The van der Waals surface area contributed by atoms with Gasteiger partial charge in [-0.05, 0) is 61.2 Å². The Kier molecular flexibility index (Phi) is 5.40. The molecule has 1 N–H and O–H groups in total. The van der Waals surface area contributed by atoms with Crippen molar-refractivity contribution in [3.05, 3.63) is 53.6 Å². The normalized spacial score (nSPS) is 12.2. The highest BCUT2D eigenvalue weighted by Crippen LogP contribution is 2.27. The lowest BCUT2D eigenvalue weighted by Gasteiger charge is -2.13. The smallest absolute Gasteiger partial charge is 0.119 e. The van der Waals surface area contributed by atoms with E-state index in [1.54, 1.807) is 7.11 Å². The van der Waals surface area contributed by atoms with Gasteiger partial charge in [-0.1, -0.05) is 37.3 Å². The Morgan fingerprint density at radius 2 is 1.81 bits per heavy atom. The van der Waals surface area contributed by atoms with E-state index < -0.39 is 0 Å². The average molecular weight is 283 g/mol. The quantitative estimate of drug-likeness (QED) is 0.857. The van der Waals surface area contributed by atoms with Crippen molar-refractivity contribution in [1.29, 1.82) is 0 Å². The molecule has 0 aliphatic rings. The number of ether oxygens (including phenoxy) is 1. The van der Waals surface area contributed by atoms with Crippen LogP contribution in [0, 0.1) is 6.92 Å². The molecule has 0 heterocycles. The largest absolute Gasteiger partial charge is 0.497 e. The van der Waals surface area contributed by atoms with E-state index in [1.165, 1.54) is 22.3 Å². The number of likely N-dealkylation sites (N-methyl/N-ethyl adjacent to an activating group) is 1. The molecule has 1 atom stereocenters. The summed E-state index contributed by atoms with van der Waals surface area (Å²) in [7, 11) is 1.70. The second kappa shape index (κ2) is 7.28. The van der Waals surface area contributed by atoms with Gasteiger partial charge in [-0.25, -0.2) is 0 Å². The van der Waals surface area contributed by atoms with Gasteiger partial charge in [-0.3, -0.25) is 0 Å². The maximum Gasteiger partial charge on any atom is 0.119 e. The second-order valence-electron chi connectivity index (χ2n) is 5.54. The number of methoxy groups -OCH3 is 1. The molecule has 2 aromatic carbocycles. The molecule has 0 radical (unpaired) electrons. The first-order valence-corrected chi connectivity index (χ1v) is 7.61. The van der Waals surface area contributed by atoms with Crippen molar-refractivity contribution in [1.82, 2.24) is 5.32 Å². The molecule has 21 heavy (non-hydrogen) atoms. The molecular weight excluding hydrogens is 258 g/mol. The molecule has 0 amide bonds. The summed E-state index contributed by atoms with van der Waals surface area (Å²) in [5.41, 5.74) is 5.14. The fourth-order valence-electron chi connectivity index (χ4n) is 2.68. The minimum absolute atomic E-state index is 0.517. The summed E-state index contributed by atoms with van der Waals surface area (Å²) in [4.78, 5) is 0. The van der Waals surface area contributed by atoms with Gasteiger partial charge in [-0.2, -0.15) is 0 Å². The van der Waals surface area contributed by atoms with Crippen LogP contribution in [0.3, 0.4) is 0 Å². The summed E-state index contributed by atoms with van der Waals surface area (Å²) < 4.78 is 5.26. The van der Waals surface area contributed by atoms with Gasteiger partial charge in [0.25, 0.3) is 0 Å². The van der Waals surface area contributed by atoms with E-state index in [9.17, 15) is 0 Å². The van der Waals surface area contributed by atoms with E-state index in [0.29, 0.717) is 6.04 Å². The maximum absolute atomic E-state index is 5.26. The van der Waals surface area contributed by atoms with Crippen LogP contribution in [-0.2, 0) is 6.42 Å². The van der Waals surface area contributed by atoms with E-state index in [1.807, 2.05) is 6.07 Å². The van der Waals surface area contributed by atoms with Crippen molar-refractivity contribution in [3.63, 3.8) is 0 Å². The molecule has 0 aliphatic carbocycles. The highest BCUT2D eigenvalue weighted by atomic mass is 16.5. The number of hydrogen-bond donors (Lipinski definition) is 1. The molecule has 0 aromatic heterocycles. The zero-order valence-electron chi connectivity index (χ0n) is 13.4. The van der Waals surface area contributed by atoms with Crippen molar-refractivity contribution in [3.8, 4) is 16.9 Å². The molecule has 0 saturated heterocycles. The fourth-order valence-corrected chi connectivity index (χ4v) is 2.68. The number of aryl methyl sites for hydroxylation is 1. The fraction of sp³-hybridized carbons (Fsp3) is 0.368. The summed E-state index contributed by atoms with van der Waals surface area (Å²) in [5.74, 6) is 0.910. The molecule has 0 bridgehead atoms. The summed E-state index contributed by atoms with van der Waals surface area (Å²) in [5, 5.41) is 3.45. The molecule has 2 heteroatoms. The van der Waals surface area contributed by atoms with Crippen LogP contribution in [0.2, 0.25) is 0 Å². The van der Waals surface area contributed by atoms with E-state index in [-0.39, 0.29) is 0 Å². The third kappa shape index (κ3) is 4.08. The van der Waals surface area contributed by atoms with Crippen LogP contribution in [0.5, 0.6) is 5.75 Å². The van der Waals surface area contributed by atoms with E-state index in [2.05, 4.69) is 62.5 Å². The molecule has 2 aromatic rings. The van der Waals surface area contributed by atoms with Crippen LogP contribution in [0.25, 0.3) is 11.1 Å². The van der Waals surface area contributed by atoms with Crippen LogP contribution in [-0.4, -0.2) is 19.7 Å². The lowest BCUT2D eigenvalue weighted by atomic mass is 9.98. The zero-order chi connectivity index (χ0) is 15.2. The average Bonchev–Trinajstić information content (AvgIpc) is 2.48. The lowest BCUT2D eigenvalue weighted by molar-refractivity contribution is 0.414. The van der Waals surface area contributed by atoms with Crippen LogP contribution in [0.4, 0.5) is 0 Å². The zero-order valence-corrected chi connectivity index (χ0v) is 13.4. The van der Waals surface area contributed by atoms with Crippen molar-refractivity contribution in [2.75, 3.05) is 13.7 Å². The van der Waals surface area contributed by atoms with Crippen molar-refractivity contribution < 1.29 is 4.74 Å². The third-order valence-electron chi connectivity index (χ3n) is 3.79. The molecular formula is C19H25NO. The highest BCUT2D eigenvalue weighted by molar-refractivity contribution is 5.68. The van der Waals surface area contributed by atoms with E-state index in [4.69, 9.17) is 4.74 Å². The van der Waals surface area contributed by atoms with Crippen molar-refractivity contribution in [2.24, 2.45) is 0 Å². The van der Waals surface area contributed by atoms with Crippen LogP contribution < -0.4 is 10.1 Å². The van der Waals surface area contributed by atoms with Gasteiger partial charge in [0.2, 0.25) is 0 Å². The SMILES string of the molecule is CCNC(C)Cc1ccc(-c2ccc(OC)cc2C)cc1. The minimum Gasteiger partial charge on any atom is -0.497 e. The number of benzene rings is 2. The Labute approximate surface area is 128 Å². The number of hydrogen-bond acceptors (Lipinski definition) is 2. The Bertz CT molecular complexity index is 575. The molecule has 2 rings (SSSR count). The Balaban J connectivity index is 2.15. The Morgan fingerprint density at radius 3 is 2.38 bits per heavy atom. The number of rotatable bonds is 6. The Hall–Kier alpha value is -1.80. The topological polar surface area (TPSA) is 21.3 Å². The molecule has 2 nitrogen and oxygen atoms in total. The lowest BCUT2D eigenvalue weighted by Crippen LogP contribution is -2.27. The maximum atomic E-state index is 5.26. The van der Waals surface area contributed by atoms with Crippen molar-refractivity contribution in [2.45, 2.75) is 33.2 Å². The Morgan fingerprint density at radius 1 is 1.10 bits per heavy atom. The van der Waals surface area contributed by atoms with Gasteiger partial charge in [0.15, 0.2) is 0 Å². The first-order chi connectivity index (χ1) is 10.1. The van der Waals surface area contributed by atoms with Gasteiger partial charge in [0.05, 0.1) is 7.11 Å². The van der Waals surface area contributed by atoms with Gasteiger partial charge in [0.1, 0.15) is 5.75 Å². The summed E-state index contributed by atoms with van der Waals surface area (Å²) in [6, 6.07) is 15.6. The van der Waals surface area contributed by atoms with Crippen LogP contribution in [0.15, 0.2) is 42.5 Å². The molecule has 0 saturated carbocycles. The minimum atomic E-state index is 0.517. The van der Waals surface area contributed by atoms with Gasteiger partial charge in [0, 0.05) is 6.04 Å². The van der Waals surface area contributed by atoms with Gasteiger partial charge in [-0.15, -0.1) is 0 Å². The van der Waals surface area contributed by atoms with E-state index >= 15 is 0 Å². The first-order valence-electron chi connectivity index (χ1n) is 7.61. The summed E-state index contributed by atoms with van der Waals surface area (Å²) in [6.07, 6.45) is 1.07. The van der Waals surface area contributed by atoms with Gasteiger partial charge >= 0.3 is 0 Å². The monoisotopic (exact) mass is 283 g/mol. The van der Waals surface area contributed by atoms with Crippen LogP contribution >= 0.6 is 0 Å². The predicted octanol–water partition coefficient (Wildman–Crippen LogP) is 4.21. The van der Waals surface area contributed by atoms with Crippen molar-refractivity contribution >= 4 is 0 Å². The van der Waals surface area contributed by atoms with E-state index in [0.717, 1.165) is 18.7 Å². The summed E-state index contributed by atoms with van der Waals surface area (Å²) >= 11 is 0. The van der Waals surface area contributed by atoms with Crippen LogP contribution in [0.1, 0.15) is 25.0 Å². The highest BCUT2D eigenvalue weighted by Gasteiger charge is 2.05. The summed E-state index contributed by atoms with van der Waals surface area (Å²) in [6.45, 7) is 7.51. The molecule has 0 aliphatic heterocycles. The standard InChI is InChI=1S/C19H25NO/c1-5-20-15(3)13-16-6-8-17(9-7-16)19-11-10-18(21-4)12-14(19)2/h6-12,15,20H,5,13H2,1-4H3. The molecule has 0 spiro atoms. The number of nitrogens with one attached hydrogen (secondary N) is 1. The second-order valence-corrected chi connectivity index (χ2v) is 5.54. The predicted molar refractivity (Wildman–Crippen MR) is 90.0 cm³/mol. The molecule has 112 valence electrons. The first kappa shape index (κ1) is 15.6. The molecule has 1 unspecified atom stereocenters.